The molecule has 0 spiro atoms. The third kappa shape index (κ3) is 2.98. The molecule has 4 heterocycles. The van der Waals surface area contributed by atoms with E-state index in [-0.39, 0.29) is 18.0 Å². The monoisotopic (exact) mass is 368 g/mol. The van der Waals surface area contributed by atoms with Crippen molar-refractivity contribution < 1.29 is 9.18 Å². The quantitative estimate of drug-likeness (QED) is 0.897. The van der Waals surface area contributed by atoms with Gasteiger partial charge in [-0.05, 0) is 37.3 Å². The van der Waals surface area contributed by atoms with E-state index in [2.05, 4.69) is 26.5 Å². The fourth-order valence-electron chi connectivity index (χ4n) is 4.19. The molecule has 3 aliphatic rings. The number of aryl methyl sites for hydroxylation is 1. The first kappa shape index (κ1) is 16.4. The zero-order valence-corrected chi connectivity index (χ0v) is 15.0. The molecule has 1 aliphatic carbocycles. The molecular formula is C19H21FN6O. The van der Waals surface area contributed by atoms with Crippen LogP contribution in [-0.2, 0) is 11.8 Å². The Kier molecular flexibility index (Phi) is 3.73. The Morgan fingerprint density at radius 2 is 2.22 bits per heavy atom. The van der Waals surface area contributed by atoms with Crippen LogP contribution in [0, 0.1) is 5.92 Å². The molecule has 0 aromatic carbocycles. The summed E-state index contributed by atoms with van der Waals surface area (Å²) in [6, 6.07) is 2.11. The Hall–Kier alpha value is -2.77. The maximum absolute atomic E-state index is 13.3. The maximum Gasteiger partial charge on any atom is 0.229 e. The van der Waals surface area contributed by atoms with Crippen LogP contribution in [0.1, 0.15) is 31.4 Å². The van der Waals surface area contributed by atoms with E-state index in [4.69, 9.17) is 0 Å². The van der Waals surface area contributed by atoms with E-state index in [9.17, 15) is 9.18 Å². The van der Waals surface area contributed by atoms with Crippen LogP contribution in [0.5, 0.6) is 0 Å². The highest BCUT2D eigenvalue weighted by molar-refractivity contribution is 5.84. The van der Waals surface area contributed by atoms with Gasteiger partial charge < -0.3 is 10.2 Å². The lowest BCUT2D eigenvalue weighted by Gasteiger charge is -2.34. The number of halogens is 1. The molecule has 2 unspecified atom stereocenters. The molecule has 5 rings (SSSR count). The van der Waals surface area contributed by atoms with Gasteiger partial charge in [-0.2, -0.15) is 5.10 Å². The molecule has 2 fully saturated rings. The molecule has 27 heavy (non-hydrogen) atoms. The number of nitrogens with zero attached hydrogens (tertiary/aromatic N) is 5. The van der Waals surface area contributed by atoms with Gasteiger partial charge in [0, 0.05) is 25.5 Å². The minimum Gasteiger partial charge on any atom is -0.333 e. The molecule has 2 aliphatic heterocycles. The Balaban J connectivity index is 1.36. The second kappa shape index (κ2) is 6.14. The van der Waals surface area contributed by atoms with Gasteiger partial charge in [0.1, 0.15) is 6.17 Å². The smallest absolute Gasteiger partial charge is 0.229 e. The van der Waals surface area contributed by atoms with Crippen molar-refractivity contribution in [2.75, 3.05) is 5.32 Å². The lowest BCUT2D eigenvalue weighted by atomic mass is 9.98. The summed E-state index contributed by atoms with van der Waals surface area (Å²) in [4.78, 5) is 23.4. The first-order valence-electron chi connectivity index (χ1n) is 9.34. The lowest BCUT2D eigenvalue weighted by Crippen LogP contribution is -2.44. The maximum atomic E-state index is 13.3. The normalized spacial score (nSPS) is 28.8. The van der Waals surface area contributed by atoms with Crippen LogP contribution >= 0.6 is 0 Å². The third-order valence-corrected chi connectivity index (χ3v) is 5.63. The molecule has 8 heteroatoms. The first-order valence-corrected chi connectivity index (χ1v) is 9.34. The van der Waals surface area contributed by atoms with Crippen molar-refractivity contribution in [1.82, 2.24) is 24.6 Å². The van der Waals surface area contributed by atoms with E-state index in [1.807, 2.05) is 24.2 Å². The Bertz CT molecular complexity index is 924. The summed E-state index contributed by atoms with van der Waals surface area (Å²) in [7, 11) is 1.85. The van der Waals surface area contributed by atoms with Crippen molar-refractivity contribution in [1.29, 1.82) is 0 Å². The number of nitrogens with one attached hydrogen (secondary N) is 1. The highest BCUT2D eigenvalue weighted by Crippen LogP contribution is 2.43. The van der Waals surface area contributed by atoms with E-state index in [1.54, 1.807) is 17.1 Å². The molecule has 1 N–H and O–H groups in total. The minimum atomic E-state index is -0.940. The second-order valence-corrected chi connectivity index (χ2v) is 7.59. The molecule has 2 aromatic rings. The SMILES string of the molecule is Cn1cc(Nc2nccc(C3=CC4CCC(C3)N4C(=O)[C@H]3C[C@@H]3F)n2)cn1. The Labute approximate surface area is 156 Å². The van der Waals surface area contributed by atoms with Crippen LogP contribution in [0.15, 0.2) is 30.7 Å². The number of rotatable bonds is 4. The summed E-state index contributed by atoms with van der Waals surface area (Å²) >= 11 is 0. The number of alkyl halides is 1. The van der Waals surface area contributed by atoms with Gasteiger partial charge in [0.25, 0.3) is 0 Å². The van der Waals surface area contributed by atoms with Crippen molar-refractivity contribution in [3.63, 3.8) is 0 Å². The second-order valence-electron chi connectivity index (χ2n) is 7.59. The highest BCUT2D eigenvalue weighted by atomic mass is 19.1. The summed E-state index contributed by atoms with van der Waals surface area (Å²) < 4.78 is 15.0. The largest absolute Gasteiger partial charge is 0.333 e. The number of anilines is 2. The summed E-state index contributed by atoms with van der Waals surface area (Å²) in [6.45, 7) is 0. The van der Waals surface area contributed by atoms with E-state index < -0.39 is 12.1 Å². The topological polar surface area (TPSA) is 75.9 Å². The molecule has 2 aromatic heterocycles. The van der Waals surface area contributed by atoms with Crippen molar-refractivity contribution in [3.05, 3.63) is 36.4 Å². The van der Waals surface area contributed by atoms with Crippen LogP contribution < -0.4 is 5.32 Å². The van der Waals surface area contributed by atoms with Gasteiger partial charge in [-0.25, -0.2) is 14.4 Å². The standard InChI is InChI=1S/C19H21FN6O/c1-25-10-12(9-22-25)23-19-21-5-4-17(24-19)11-6-13-2-3-14(7-11)26(13)18(27)15-8-16(15)20/h4-6,9-10,13-16H,2-3,7-8H2,1H3,(H,21,23,24)/t13?,14?,15-,16-/m0/s1. The van der Waals surface area contributed by atoms with Crippen molar-refractivity contribution in [2.24, 2.45) is 13.0 Å². The predicted molar refractivity (Wildman–Crippen MR) is 97.8 cm³/mol. The van der Waals surface area contributed by atoms with E-state index in [0.29, 0.717) is 12.4 Å². The van der Waals surface area contributed by atoms with Gasteiger partial charge >= 0.3 is 0 Å². The lowest BCUT2D eigenvalue weighted by molar-refractivity contribution is -0.135. The van der Waals surface area contributed by atoms with Gasteiger partial charge in [0.05, 0.1) is 29.5 Å². The third-order valence-electron chi connectivity index (χ3n) is 5.63. The molecule has 1 saturated heterocycles. The van der Waals surface area contributed by atoms with Gasteiger partial charge in [0.15, 0.2) is 0 Å². The molecular weight excluding hydrogens is 347 g/mol. The zero-order chi connectivity index (χ0) is 18.5. The molecule has 140 valence electrons. The number of carbonyl (C=O) groups excluding carboxylic acids is 1. The molecule has 0 radical (unpaired) electrons. The number of amides is 1. The molecule has 7 nitrogen and oxygen atoms in total. The van der Waals surface area contributed by atoms with Crippen LogP contribution in [0.2, 0.25) is 0 Å². The predicted octanol–water partition coefficient (Wildman–Crippen LogP) is 2.46. The van der Waals surface area contributed by atoms with Crippen molar-refractivity contribution in [3.8, 4) is 0 Å². The van der Waals surface area contributed by atoms with E-state index >= 15 is 0 Å². The van der Waals surface area contributed by atoms with Gasteiger partial charge in [-0.3, -0.25) is 9.48 Å². The van der Waals surface area contributed by atoms with Gasteiger partial charge in [-0.15, -0.1) is 0 Å². The Morgan fingerprint density at radius 1 is 1.37 bits per heavy atom. The number of hydrogen-bond acceptors (Lipinski definition) is 5. The van der Waals surface area contributed by atoms with Crippen molar-refractivity contribution >= 4 is 23.1 Å². The first-order chi connectivity index (χ1) is 13.1. The average molecular weight is 368 g/mol. The van der Waals surface area contributed by atoms with Gasteiger partial charge in [0.2, 0.25) is 11.9 Å². The van der Waals surface area contributed by atoms with Crippen LogP contribution in [0.3, 0.4) is 0 Å². The van der Waals surface area contributed by atoms with Gasteiger partial charge in [-0.1, -0.05) is 6.08 Å². The number of hydrogen-bond donors (Lipinski definition) is 1. The molecule has 4 atom stereocenters. The summed E-state index contributed by atoms with van der Waals surface area (Å²) in [5, 5.41) is 7.28. The fourth-order valence-corrected chi connectivity index (χ4v) is 4.19. The van der Waals surface area contributed by atoms with E-state index in [1.165, 1.54) is 0 Å². The molecule has 1 amide bonds. The average Bonchev–Trinajstić information content (AvgIpc) is 3.16. The minimum absolute atomic E-state index is 0.00748. The Morgan fingerprint density at radius 3 is 2.93 bits per heavy atom. The van der Waals surface area contributed by atoms with Crippen LogP contribution in [0.4, 0.5) is 16.0 Å². The summed E-state index contributed by atoms with van der Waals surface area (Å²) in [5.74, 6) is 0.106. The number of carbonyl (C=O) groups is 1. The highest BCUT2D eigenvalue weighted by Gasteiger charge is 2.50. The molecule has 2 bridgehead atoms. The van der Waals surface area contributed by atoms with Crippen LogP contribution in [-0.4, -0.2) is 48.8 Å². The zero-order valence-electron chi connectivity index (χ0n) is 15.0. The van der Waals surface area contributed by atoms with E-state index in [0.717, 1.165) is 36.2 Å². The number of aromatic nitrogens is 4. The van der Waals surface area contributed by atoms with Crippen molar-refractivity contribution in [2.45, 2.75) is 43.9 Å². The number of fused-ring (bicyclic) bond motifs is 2. The summed E-state index contributed by atoms with van der Waals surface area (Å²) in [6.07, 6.45) is 9.56. The molecule has 1 saturated carbocycles. The fraction of sp³-hybridized carbons (Fsp3) is 0.474. The summed E-state index contributed by atoms with van der Waals surface area (Å²) in [5.41, 5.74) is 2.83. The van der Waals surface area contributed by atoms with Crippen LogP contribution in [0.25, 0.3) is 5.57 Å².